The van der Waals surface area contributed by atoms with Gasteiger partial charge < -0.3 is 10.4 Å². The molecular weight excluding hydrogens is 268 g/mol. The molecule has 0 aliphatic carbocycles. The van der Waals surface area contributed by atoms with Gasteiger partial charge in [0.1, 0.15) is 18.9 Å². The summed E-state index contributed by atoms with van der Waals surface area (Å²) in [5.74, 6) is -1.48. The van der Waals surface area contributed by atoms with E-state index in [1.54, 1.807) is 13.8 Å². The number of rotatable bonds is 7. The number of hydrogen-bond acceptors (Lipinski definition) is 5. The van der Waals surface area contributed by atoms with Gasteiger partial charge in [0, 0.05) is 6.04 Å². The van der Waals surface area contributed by atoms with Gasteiger partial charge in [-0.25, -0.2) is 0 Å². The monoisotopic (exact) mass is 284 g/mol. The third kappa shape index (κ3) is 4.67. The summed E-state index contributed by atoms with van der Waals surface area (Å²) in [5, 5.41) is 25.5. The summed E-state index contributed by atoms with van der Waals surface area (Å²) in [6, 6.07) is -0.495. The van der Waals surface area contributed by atoms with Crippen LogP contribution in [0.1, 0.15) is 20.3 Å². The van der Waals surface area contributed by atoms with Gasteiger partial charge in [-0.15, -0.1) is 0 Å². The van der Waals surface area contributed by atoms with Crippen molar-refractivity contribution in [3.63, 3.8) is 0 Å². The van der Waals surface area contributed by atoms with Crippen molar-refractivity contribution in [1.82, 2.24) is 15.1 Å². The van der Waals surface area contributed by atoms with E-state index in [4.69, 9.17) is 5.11 Å². The second-order valence-corrected chi connectivity index (χ2v) is 4.67. The number of nitrogens with zero attached hydrogens (tertiary/aromatic N) is 3. The predicted octanol–water partition coefficient (Wildman–Crippen LogP) is 0.407. The molecule has 0 aliphatic heterocycles. The minimum absolute atomic E-state index is 0.0398. The van der Waals surface area contributed by atoms with E-state index in [0.717, 1.165) is 17.1 Å². The lowest BCUT2D eigenvalue weighted by Gasteiger charge is -2.20. The smallest absolute Gasteiger partial charge is 0.307 e. The molecule has 110 valence electrons. The van der Waals surface area contributed by atoms with Crippen molar-refractivity contribution in [1.29, 1.82) is 0 Å². The number of aliphatic carboxylic acids is 1. The summed E-state index contributed by atoms with van der Waals surface area (Å²) < 4.78 is 1.13. The van der Waals surface area contributed by atoms with E-state index in [9.17, 15) is 19.7 Å². The average Bonchev–Trinajstić information content (AvgIpc) is 2.75. The van der Waals surface area contributed by atoms with E-state index in [0.29, 0.717) is 0 Å². The highest BCUT2D eigenvalue weighted by atomic mass is 16.6. The first-order chi connectivity index (χ1) is 9.29. The van der Waals surface area contributed by atoms with Crippen LogP contribution in [0.5, 0.6) is 0 Å². The number of nitrogens with one attached hydrogen (secondary N) is 1. The maximum atomic E-state index is 11.8. The van der Waals surface area contributed by atoms with E-state index in [1.807, 2.05) is 0 Å². The quantitative estimate of drug-likeness (QED) is 0.551. The standard InChI is InChI=1S/C11H16N4O5/c1-7(2)9(3-11(17)18)13-10(16)6-14-5-8(4-12-14)15(19)20/h4-5,7,9H,3,6H2,1-2H3,(H,13,16)(H,17,18). The van der Waals surface area contributed by atoms with Crippen molar-refractivity contribution in [2.75, 3.05) is 0 Å². The fourth-order valence-corrected chi connectivity index (χ4v) is 1.57. The third-order valence-electron chi connectivity index (χ3n) is 2.68. The molecule has 2 N–H and O–H groups in total. The van der Waals surface area contributed by atoms with Crippen LogP contribution in [0.4, 0.5) is 5.69 Å². The maximum Gasteiger partial charge on any atom is 0.307 e. The zero-order chi connectivity index (χ0) is 15.3. The summed E-state index contributed by atoms with van der Waals surface area (Å²) >= 11 is 0. The molecule has 0 bridgehead atoms. The Kier molecular flexibility index (Phi) is 5.18. The number of carbonyl (C=O) groups is 2. The van der Waals surface area contributed by atoms with Gasteiger partial charge in [0.05, 0.1) is 11.3 Å². The van der Waals surface area contributed by atoms with Crippen LogP contribution in [-0.4, -0.2) is 37.7 Å². The molecule has 1 aromatic rings. The van der Waals surface area contributed by atoms with Crippen molar-refractivity contribution in [2.45, 2.75) is 32.9 Å². The van der Waals surface area contributed by atoms with Crippen molar-refractivity contribution in [3.05, 3.63) is 22.5 Å². The van der Waals surface area contributed by atoms with Gasteiger partial charge in [0.15, 0.2) is 0 Å². The van der Waals surface area contributed by atoms with Crippen LogP contribution in [0.3, 0.4) is 0 Å². The number of nitro groups is 1. The molecule has 0 aliphatic rings. The van der Waals surface area contributed by atoms with Crippen LogP contribution in [0, 0.1) is 16.0 Å². The van der Waals surface area contributed by atoms with E-state index in [-0.39, 0.29) is 24.6 Å². The van der Waals surface area contributed by atoms with Gasteiger partial charge in [-0.3, -0.25) is 24.4 Å². The van der Waals surface area contributed by atoms with E-state index < -0.39 is 22.8 Å². The molecule has 0 saturated heterocycles. The Labute approximate surface area is 114 Å². The molecule has 1 unspecified atom stereocenters. The minimum atomic E-state index is -1.00. The molecule has 0 fully saturated rings. The summed E-state index contributed by atoms with van der Waals surface area (Å²) in [4.78, 5) is 32.3. The van der Waals surface area contributed by atoms with Crippen LogP contribution in [0.2, 0.25) is 0 Å². The molecule has 9 heteroatoms. The molecule has 1 heterocycles. The Morgan fingerprint density at radius 2 is 2.20 bits per heavy atom. The fraction of sp³-hybridized carbons (Fsp3) is 0.545. The zero-order valence-electron chi connectivity index (χ0n) is 11.1. The first-order valence-electron chi connectivity index (χ1n) is 5.97. The largest absolute Gasteiger partial charge is 0.481 e. The summed E-state index contributed by atoms with van der Waals surface area (Å²) in [6.07, 6.45) is 2.01. The number of carboxylic acid groups (broad SMARTS) is 1. The summed E-state index contributed by atoms with van der Waals surface area (Å²) in [6.45, 7) is 3.40. The van der Waals surface area contributed by atoms with E-state index >= 15 is 0 Å². The normalized spacial score (nSPS) is 12.2. The Hall–Kier alpha value is -2.45. The van der Waals surface area contributed by atoms with Crippen LogP contribution in [0.15, 0.2) is 12.4 Å². The minimum Gasteiger partial charge on any atom is -0.481 e. The van der Waals surface area contributed by atoms with Crippen molar-refractivity contribution in [3.8, 4) is 0 Å². The molecular formula is C11H16N4O5. The predicted molar refractivity (Wildman–Crippen MR) is 67.9 cm³/mol. The molecule has 0 radical (unpaired) electrons. The van der Waals surface area contributed by atoms with E-state index in [1.165, 1.54) is 0 Å². The molecule has 20 heavy (non-hydrogen) atoms. The fourth-order valence-electron chi connectivity index (χ4n) is 1.57. The molecule has 1 aromatic heterocycles. The number of carbonyl (C=O) groups excluding carboxylic acids is 1. The number of carboxylic acids is 1. The Bertz CT molecular complexity index is 511. The molecule has 1 rings (SSSR count). The molecule has 9 nitrogen and oxygen atoms in total. The molecule has 0 aromatic carbocycles. The summed E-state index contributed by atoms with van der Waals surface area (Å²) in [7, 11) is 0. The summed E-state index contributed by atoms with van der Waals surface area (Å²) in [5.41, 5.74) is -0.205. The Morgan fingerprint density at radius 3 is 2.65 bits per heavy atom. The SMILES string of the molecule is CC(C)C(CC(=O)O)NC(=O)Cn1cc([N+](=O)[O-])cn1. The van der Waals surface area contributed by atoms with Gasteiger partial charge in [-0.2, -0.15) is 5.10 Å². The average molecular weight is 284 g/mol. The zero-order valence-corrected chi connectivity index (χ0v) is 11.1. The van der Waals surface area contributed by atoms with Crippen molar-refractivity contribution in [2.24, 2.45) is 5.92 Å². The van der Waals surface area contributed by atoms with Gasteiger partial charge in [-0.1, -0.05) is 13.8 Å². The van der Waals surface area contributed by atoms with Crippen molar-refractivity contribution >= 4 is 17.6 Å². The van der Waals surface area contributed by atoms with Gasteiger partial charge in [0.25, 0.3) is 0 Å². The van der Waals surface area contributed by atoms with E-state index in [2.05, 4.69) is 10.4 Å². The third-order valence-corrected chi connectivity index (χ3v) is 2.68. The highest BCUT2D eigenvalue weighted by molar-refractivity contribution is 5.77. The molecule has 1 amide bonds. The number of hydrogen-bond donors (Lipinski definition) is 2. The maximum absolute atomic E-state index is 11.8. The van der Waals surface area contributed by atoms with Crippen LogP contribution in [-0.2, 0) is 16.1 Å². The van der Waals surface area contributed by atoms with Gasteiger partial charge in [-0.05, 0) is 5.92 Å². The van der Waals surface area contributed by atoms with Crippen molar-refractivity contribution < 1.29 is 19.6 Å². The Morgan fingerprint density at radius 1 is 1.55 bits per heavy atom. The second kappa shape index (κ2) is 6.64. The first kappa shape index (κ1) is 15.6. The lowest BCUT2D eigenvalue weighted by molar-refractivity contribution is -0.385. The van der Waals surface area contributed by atoms with Gasteiger partial charge >= 0.3 is 11.7 Å². The van der Waals surface area contributed by atoms with Crippen LogP contribution < -0.4 is 5.32 Å². The number of aromatic nitrogens is 2. The Balaban J connectivity index is 2.60. The topological polar surface area (TPSA) is 127 Å². The highest BCUT2D eigenvalue weighted by Gasteiger charge is 2.20. The highest BCUT2D eigenvalue weighted by Crippen LogP contribution is 2.08. The lowest BCUT2D eigenvalue weighted by Crippen LogP contribution is -2.41. The molecule has 1 atom stereocenters. The van der Waals surface area contributed by atoms with Crippen LogP contribution >= 0.6 is 0 Å². The molecule has 0 saturated carbocycles. The molecule has 0 spiro atoms. The second-order valence-electron chi connectivity index (χ2n) is 4.67. The lowest BCUT2D eigenvalue weighted by atomic mass is 10.0. The first-order valence-corrected chi connectivity index (χ1v) is 5.97. The van der Waals surface area contributed by atoms with Crippen LogP contribution in [0.25, 0.3) is 0 Å². The van der Waals surface area contributed by atoms with Gasteiger partial charge in [0.2, 0.25) is 5.91 Å². The number of amides is 1.